The fourth-order valence-corrected chi connectivity index (χ4v) is 12.9. The molecule has 2 nitrogen and oxygen atoms in total. The van der Waals surface area contributed by atoms with Crippen molar-refractivity contribution in [2.75, 3.05) is 16.3 Å². The minimum absolute atomic E-state index is 0.513. The molecule has 0 unspecified atom stereocenters. The Morgan fingerprint density at radius 1 is 0.448 bits per heavy atom. The van der Waals surface area contributed by atoms with Crippen LogP contribution < -0.4 is 9.80 Å². The van der Waals surface area contributed by atoms with Crippen LogP contribution in [0, 0.1) is 0 Å². The monoisotopic (exact) mass is 872 g/mol. The zero-order valence-corrected chi connectivity index (χ0v) is 37.7. The van der Waals surface area contributed by atoms with E-state index < -0.39 is 5.41 Å². The predicted molar refractivity (Wildman–Crippen MR) is 283 cm³/mol. The third-order valence-corrected chi connectivity index (χ3v) is 15.9. The maximum atomic E-state index is 2.54. The zero-order chi connectivity index (χ0) is 44.1. The van der Waals surface area contributed by atoms with E-state index in [1.165, 1.54) is 121 Å². The number of benzene rings is 11. The molecular formula is C64H44N2S. The van der Waals surface area contributed by atoms with Gasteiger partial charge in [-0.05, 0) is 144 Å². The lowest BCUT2D eigenvalue weighted by Crippen LogP contribution is -2.29. The normalized spacial score (nSPS) is 14.6. The van der Waals surface area contributed by atoms with E-state index in [1.807, 2.05) is 11.8 Å². The van der Waals surface area contributed by atoms with Crippen molar-refractivity contribution in [1.82, 2.24) is 0 Å². The van der Waals surface area contributed by atoms with E-state index in [0.29, 0.717) is 0 Å². The van der Waals surface area contributed by atoms with E-state index in [4.69, 9.17) is 0 Å². The molecule has 0 fully saturated rings. The van der Waals surface area contributed by atoms with Crippen molar-refractivity contribution in [2.24, 2.45) is 0 Å². The summed E-state index contributed by atoms with van der Waals surface area (Å²) < 4.78 is 0. The fraction of sp³-hybridized carbons (Fsp3) is 0.0625. The van der Waals surface area contributed by atoms with E-state index in [1.54, 1.807) is 0 Å². The molecular weight excluding hydrogens is 829 g/mol. The van der Waals surface area contributed by atoms with Crippen molar-refractivity contribution in [2.45, 2.75) is 28.0 Å². The number of rotatable bonds is 6. The van der Waals surface area contributed by atoms with E-state index >= 15 is 0 Å². The Bertz CT molecular complexity index is 3690. The molecule has 0 spiro atoms. The molecule has 0 bridgehead atoms. The Kier molecular flexibility index (Phi) is 8.66. The van der Waals surface area contributed by atoms with Gasteiger partial charge in [-0.3, -0.25) is 0 Å². The van der Waals surface area contributed by atoms with Gasteiger partial charge in [0.15, 0.2) is 0 Å². The minimum Gasteiger partial charge on any atom is -0.341 e. The van der Waals surface area contributed by atoms with Gasteiger partial charge in [-0.25, -0.2) is 0 Å². The molecule has 2 heterocycles. The summed E-state index contributed by atoms with van der Waals surface area (Å²) in [6.45, 7) is 1.01. The summed E-state index contributed by atoms with van der Waals surface area (Å²) in [4.78, 5) is 7.55. The summed E-state index contributed by atoms with van der Waals surface area (Å²) in [5.74, 6) is 0. The number of anilines is 5. The standard InChI is InChI=1S/C64H44N2S/c1-3-16-47(17-4-1)64(48-18-5-2-6-19-48)54-40-42(26-34-51(54)52-37-33-49(41-55(52)64)65-39-13-15-44-14-7-8-20-56(44)65)25-27-43-28-29-45-31-36-53-57(38-32-46-30-35-50(43)62(45)63(46)53)66-58-21-9-11-23-60(58)67-61-24-12-10-22-59(61)66/h1-12,14,16-38,40-41H,13,15,39H2. The average Bonchev–Trinajstić information content (AvgIpc) is 3.69. The number of hydrogen-bond donors (Lipinski definition) is 0. The molecule has 3 heteroatoms. The molecule has 1 aliphatic carbocycles. The summed E-state index contributed by atoms with van der Waals surface area (Å²) in [7, 11) is 0. The van der Waals surface area contributed by atoms with E-state index in [-0.39, 0.29) is 0 Å². The van der Waals surface area contributed by atoms with Crippen molar-refractivity contribution >= 4 is 84.7 Å². The molecule has 14 rings (SSSR count). The van der Waals surface area contributed by atoms with Crippen LogP contribution >= 0.6 is 11.8 Å². The van der Waals surface area contributed by atoms with Crippen molar-refractivity contribution < 1.29 is 0 Å². The van der Waals surface area contributed by atoms with Gasteiger partial charge >= 0.3 is 0 Å². The largest absolute Gasteiger partial charge is 0.341 e. The molecule has 0 N–H and O–H groups in total. The first-order valence-corrected chi connectivity index (χ1v) is 24.3. The quantitative estimate of drug-likeness (QED) is 0.121. The number of hydrogen-bond acceptors (Lipinski definition) is 3. The predicted octanol–water partition coefficient (Wildman–Crippen LogP) is 17.1. The van der Waals surface area contributed by atoms with Gasteiger partial charge in [0.05, 0.1) is 22.5 Å². The van der Waals surface area contributed by atoms with Crippen LogP contribution in [-0.4, -0.2) is 6.54 Å². The molecule has 0 radical (unpaired) electrons. The second kappa shape index (κ2) is 15.1. The maximum Gasteiger partial charge on any atom is 0.0714 e. The van der Waals surface area contributed by atoms with Gasteiger partial charge in [0.2, 0.25) is 0 Å². The SMILES string of the molecule is C(=Cc1ccc2ccc3c(N4c5ccccc5Sc5ccccc54)ccc4ccc1c2c43)c1ccc2c(c1)C(c1ccccc1)(c1ccccc1)c1cc(N3CCCc4ccccc43)ccc1-2. The zero-order valence-electron chi connectivity index (χ0n) is 36.9. The van der Waals surface area contributed by atoms with Gasteiger partial charge < -0.3 is 9.80 Å². The molecule has 11 aromatic carbocycles. The number of fused-ring (bicyclic) bond motifs is 6. The van der Waals surface area contributed by atoms with Crippen LogP contribution in [-0.2, 0) is 11.8 Å². The molecule has 3 aliphatic rings. The fourth-order valence-electron chi connectivity index (χ4n) is 11.9. The number of para-hydroxylation sites is 3. The second-order valence-electron chi connectivity index (χ2n) is 18.3. The van der Waals surface area contributed by atoms with Crippen LogP contribution in [0.3, 0.4) is 0 Å². The Morgan fingerprint density at radius 2 is 1.03 bits per heavy atom. The highest BCUT2D eigenvalue weighted by Crippen LogP contribution is 2.58. The van der Waals surface area contributed by atoms with Gasteiger partial charge in [0, 0.05) is 33.1 Å². The maximum absolute atomic E-state index is 2.54. The molecule has 0 atom stereocenters. The molecule has 0 saturated carbocycles. The van der Waals surface area contributed by atoms with Gasteiger partial charge in [0.25, 0.3) is 0 Å². The topological polar surface area (TPSA) is 6.48 Å². The Morgan fingerprint density at radius 3 is 1.76 bits per heavy atom. The first-order chi connectivity index (χ1) is 33.2. The van der Waals surface area contributed by atoms with E-state index in [0.717, 1.165) is 19.4 Å². The average molecular weight is 873 g/mol. The van der Waals surface area contributed by atoms with E-state index in [2.05, 4.69) is 240 Å². The number of aryl methyl sites for hydroxylation is 1. The third kappa shape index (κ3) is 5.78. The van der Waals surface area contributed by atoms with Crippen molar-refractivity contribution in [3.63, 3.8) is 0 Å². The van der Waals surface area contributed by atoms with Gasteiger partial charge in [-0.1, -0.05) is 188 Å². The highest BCUT2D eigenvalue weighted by atomic mass is 32.2. The van der Waals surface area contributed by atoms with Crippen LogP contribution in [0.4, 0.5) is 28.4 Å². The van der Waals surface area contributed by atoms with Crippen LogP contribution in [0.2, 0.25) is 0 Å². The lowest BCUT2D eigenvalue weighted by Gasteiger charge is -2.36. The molecule has 316 valence electrons. The molecule has 0 saturated heterocycles. The first-order valence-electron chi connectivity index (χ1n) is 23.5. The van der Waals surface area contributed by atoms with Crippen molar-refractivity contribution in [3.8, 4) is 11.1 Å². The van der Waals surface area contributed by atoms with E-state index in [9.17, 15) is 0 Å². The summed E-state index contributed by atoms with van der Waals surface area (Å²) in [6.07, 6.45) is 6.93. The lowest BCUT2D eigenvalue weighted by molar-refractivity contribution is 0.756. The first kappa shape index (κ1) is 38.4. The van der Waals surface area contributed by atoms with Gasteiger partial charge in [0.1, 0.15) is 0 Å². The van der Waals surface area contributed by atoms with Gasteiger partial charge in [-0.2, -0.15) is 0 Å². The molecule has 67 heavy (non-hydrogen) atoms. The molecule has 0 amide bonds. The molecule has 2 aliphatic heterocycles. The third-order valence-electron chi connectivity index (χ3n) is 14.8. The smallest absolute Gasteiger partial charge is 0.0714 e. The van der Waals surface area contributed by atoms with Crippen molar-refractivity contribution in [3.05, 3.63) is 257 Å². The Balaban J connectivity index is 0.914. The molecule has 0 aromatic heterocycles. The van der Waals surface area contributed by atoms with Crippen molar-refractivity contribution in [1.29, 1.82) is 0 Å². The Labute approximate surface area is 395 Å². The Hall–Kier alpha value is -7.85. The lowest BCUT2D eigenvalue weighted by atomic mass is 9.67. The van der Waals surface area contributed by atoms with Crippen LogP contribution in [0.1, 0.15) is 45.4 Å². The highest BCUT2D eigenvalue weighted by Gasteiger charge is 2.46. The van der Waals surface area contributed by atoms with Gasteiger partial charge in [-0.15, -0.1) is 0 Å². The second-order valence-corrected chi connectivity index (χ2v) is 19.4. The summed E-state index contributed by atoms with van der Waals surface area (Å²) in [5.41, 5.74) is 17.3. The summed E-state index contributed by atoms with van der Waals surface area (Å²) in [5, 5.41) is 7.68. The number of nitrogens with zero attached hydrogens (tertiary/aromatic N) is 2. The summed E-state index contributed by atoms with van der Waals surface area (Å²) >= 11 is 1.85. The van der Waals surface area contributed by atoms with Crippen LogP contribution in [0.15, 0.2) is 228 Å². The molecule has 11 aromatic rings. The highest BCUT2D eigenvalue weighted by molar-refractivity contribution is 7.99. The van der Waals surface area contributed by atoms with Crippen LogP contribution in [0.5, 0.6) is 0 Å². The minimum atomic E-state index is -0.513. The summed E-state index contributed by atoms with van der Waals surface area (Å²) in [6, 6.07) is 81.9. The van der Waals surface area contributed by atoms with Crippen LogP contribution in [0.25, 0.3) is 55.6 Å².